The molecule has 0 bridgehead atoms. The van der Waals surface area contributed by atoms with Gasteiger partial charge in [0.05, 0.1) is 23.3 Å². The third-order valence-electron chi connectivity index (χ3n) is 3.80. The van der Waals surface area contributed by atoms with Gasteiger partial charge in [-0.25, -0.2) is 9.78 Å². The lowest BCUT2D eigenvalue weighted by molar-refractivity contribution is -0.136. The van der Waals surface area contributed by atoms with E-state index in [2.05, 4.69) is 10.3 Å². The Hall–Kier alpha value is -3.36. The van der Waals surface area contributed by atoms with E-state index in [1.165, 1.54) is 6.92 Å². The van der Waals surface area contributed by atoms with Crippen molar-refractivity contribution in [3.05, 3.63) is 47.7 Å². The number of furan rings is 1. The van der Waals surface area contributed by atoms with Gasteiger partial charge in [-0.3, -0.25) is 4.79 Å². The fourth-order valence-corrected chi connectivity index (χ4v) is 2.71. The molecule has 0 aliphatic rings. The molecule has 1 amide bonds. The van der Waals surface area contributed by atoms with Crippen molar-refractivity contribution in [2.45, 2.75) is 20.0 Å². The largest absolute Gasteiger partial charge is 0.460 e. The van der Waals surface area contributed by atoms with E-state index < -0.39 is 46.2 Å². The number of pyridine rings is 1. The fourth-order valence-electron chi connectivity index (χ4n) is 2.71. The molecule has 146 valence electrons. The second kappa shape index (κ2) is 7.34. The highest BCUT2D eigenvalue weighted by atomic mass is 19.4. The number of amides is 1. The Balaban J connectivity index is 2.35. The first-order valence-corrected chi connectivity index (χ1v) is 8.27. The molecule has 0 saturated heterocycles. The Kier molecular flexibility index (Phi) is 5.08. The summed E-state index contributed by atoms with van der Waals surface area (Å²) in [5.74, 6) is -2.22. The summed E-state index contributed by atoms with van der Waals surface area (Å²) in [6.45, 7) is 2.61. The van der Waals surface area contributed by atoms with Crippen molar-refractivity contribution in [2.24, 2.45) is 0 Å². The van der Waals surface area contributed by atoms with Crippen LogP contribution in [0.3, 0.4) is 0 Å². The van der Waals surface area contributed by atoms with Crippen LogP contribution < -0.4 is 5.32 Å². The van der Waals surface area contributed by atoms with Crippen molar-refractivity contribution in [1.82, 2.24) is 4.98 Å². The first-order chi connectivity index (χ1) is 13.2. The highest BCUT2D eigenvalue weighted by Gasteiger charge is 2.38. The van der Waals surface area contributed by atoms with Crippen LogP contribution in [0.1, 0.15) is 30.0 Å². The smallest absolute Gasteiger partial charge is 0.417 e. The maximum atomic E-state index is 13.8. The van der Waals surface area contributed by atoms with E-state index in [0.29, 0.717) is 5.56 Å². The molecule has 2 heterocycles. The van der Waals surface area contributed by atoms with Gasteiger partial charge in [0.15, 0.2) is 0 Å². The van der Waals surface area contributed by atoms with Crippen molar-refractivity contribution in [3.63, 3.8) is 0 Å². The van der Waals surface area contributed by atoms with Gasteiger partial charge in [-0.1, -0.05) is 30.3 Å². The Labute approximate surface area is 157 Å². The van der Waals surface area contributed by atoms with E-state index in [0.717, 1.165) is 13.0 Å². The number of aromatic nitrogens is 1. The average molecular weight is 392 g/mol. The number of halogens is 3. The maximum Gasteiger partial charge on any atom is 0.417 e. The number of hydrogen-bond acceptors (Lipinski definition) is 5. The average Bonchev–Trinajstić information content (AvgIpc) is 2.99. The summed E-state index contributed by atoms with van der Waals surface area (Å²) in [5.41, 5.74) is -1.48. The molecule has 9 heteroatoms. The van der Waals surface area contributed by atoms with Crippen molar-refractivity contribution < 1.29 is 31.9 Å². The number of hydrogen-bond donors (Lipinski definition) is 1. The minimum Gasteiger partial charge on any atom is -0.460 e. The van der Waals surface area contributed by atoms with E-state index in [-0.39, 0.29) is 12.3 Å². The predicted molar refractivity (Wildman–Crippen MR) is 94.7 cm³/mol. The third-order valence-corrected chi connectivity index (χ3v) is 3.80. The van der Waals surface area contributed by atoms with Gasteiger partial charge >= 0.3 is 12.1 Å². The van der Waals surface area contributed by atoms with Crippen LogP contribution >= 0.6 is 0 Å². The number of ether oxygens (including phenoxy) is 1. The maximum absolute atomic E-state index is 13.8. The van der Waals surface area contributed by atoms with Crippen LogP contribution in [0.2, 0.25) is 0 Å². The number of nitrogens with one attached hydrogen (secondary N) is 1. The molecule has 1 aromatic carbocycles. The van der Waals surface area contributed by atoms with Gasteiger partial charge in [0.1, 0.15) is 5.69 Å². The second-order valence-corrected chi connectivity index (χ2v) is 5.81. The van der Waals surface area contributed by atoms with Gasteiger partial charge in [-0.05, 0) is 13.0 Å². The number of carbonyl (C=O) groups is 2. The zero-order chi connectivity index (χ0) is 20.5. The molecule has 1 N–H and O–H groups in total. The van der Waals surface area contributed by atoms with Crippen LogP contribution in [0.4, 0.5) is 18.9 Å². The van der Waals surface area contributed by atoms with Crippen molar-refractivity contribution in [2.75, 3.05) is 11.9 Å². The molecule has 0 fully saturated rings. The Morgan fingerprint density at radius 2 is 1.89 bits per heavy atom. The second-order valence-electron chi connectivity index (χ2n) is 5.81. The third kappa shape index (κ3) is 3.68. The Morgan fingerprint density at radius 3 is 2.46 bits per heavy atom. The van der Waals surface area contributed by atoms with Crippen molar-refractivity contribution in [3.8, 4) is 11.3 Å². The monoisotopic (exact) mass is 392 g/mol. The molecule has 0 aliphatic heterocycles. The number of fused-ring (bicyclic) bond motifs is 1. The lowest BCUT2D eigenvalue weighted by atomic mass is 10.1. The molecule has 0 saturated carbocycles. The van der Waals surface area contributed by atoms with Gasteiger partial charge in [0, 0.05) is 12.5 Å². The molecule has 0 spiro atoms. The summed E-state index contributed by atoms with van der Waals surface area (Å²) in [5, 5.41) is 1.73. The van der Waals surface area contributed by atoms with Crippen LogP contribution in [0.15, 0.2) is 40.8 Å². The standard InChI is InChI=1S/C19H15F3N2O4/c1-3-27-18(26)16-15(23-10(2)25)14-12(19(20,21)22)9-13(24-17(14)28-16)11-7-5-4-6-8-11/h4-9H,3H2,1-2H3,(H,23,25). The number of nitrogens with zero attached hydrogens (tertiary/aromatic N) is 1. The van der Waals surface area contributed by atoms with Crippen molar-refractivity contribution >= 4 is 28.7 Å². The summed E-state index contributed by atoms with van der Waals surface area (Å²) in [7, 11) is 0. The van der Waals surface area contributed by atoms with E-state index in [1.807, 2.05) is 0 Å². The zero-order valence-electron chi connectivity index (χ0n) is 14.9. The first-order valence-electron chi connectivity index (χ1n) is 8.27. The van der Waals surface area contributed by atoms with Gasteiger partial charge in [-0.15, -0.1) is 0 Å². The van der Waals surface area contributed by atoms with Gasteiger partial charge in [0.2, 0.25) is 17.4 Å². The number of rotatable bonds is 4. The van der Waals surface area contributed by atoms with Crippen molar-refractivity contribution in [1.29, 1.82) is 0 Å². The number of benzene rings is 1. The molecular weight excluding hydrogens is 377 g/mol. The predicted octanol–water partition coefficient (Wildman–Crippen LogP) is 4.65. The van der Waals surface area contributed by atoms with E-state index in [4.69, 9.17) is 9.15 Å². The molecule has 6 nitrogen and oxygen atoms in total. The van der Waals surface area contributed by atoms with E-state index >= 15 is 0 Å². The van der Waals surface area contributed by atoms with Gasteiger partial charge in [-0.2, -0.15) is 13.2 Å². The van der Waals surface area contributed by atoms with Crippen LogP contribution in [0.5, 0.6) is 0 Å². The molecular formula is C19H15F3N2O4. The molecule has 0 atom stereocenters. The lowest BCUT2D eigenvalue weighted by Crippen LogP contribution is -2.13. The number of anilines is 1. The van der Waals surface area contributed by atoms with Crippen LogP contribution in [-0.2, 0) is 15.7 Å². The Morgan fingerprint density at radius 1 is 1.21 bits per heavy atom. The zero-order valence-corrected chi connectivity index (χ0v) is 14.9. The SMILES string of the molecule is CCOC(=O)c1oc2nc(-c3ccccc3)cc(C(F)(F)F)c2c1NC(C)=O. The van der Waals surface area contributed by atoms with Gasteiger partial charge in [0.25, 0.3) is 0 Å². The van der Waals surface area contributed by atoms with Crippen LogP contribution in [0, 0.1) is 0 Å². The summed E-state index contributed by atoms with van der Waals surface area (Å²) >= 11 is 0. The molecule has 28 heavy (non-hydrogen) atoms. The minimum atomic E-state index is -4.78. The van der Waals surface area contributed by atoms with E-state index in [1.54, 1.807) is 30.3 Å². The molecule has 3 rings (SSSR count). The number of esters is 1. The summed E-state index contributed by atoms with van der Waals surface area (Å²) in [6, 6.07) is 9.07. The van der Waals surface area contributed by atoms with Crippen LogP contribution in [-0.4, -0.2) is 23.5 Å². The summed E-state index contributed by atoms with van der Waals surface area (Å²) in [4.78, 5) is 27.8. The Bertz CT molecular complexity index is 1040. The highest BCUT2D eigenvalue weighted by Crippen LogP contribution is 2.42. The summed E-state index contributed by atoms with van der Waals surface area (Å²) < 4.78 is 51.5. The van der Waals surface area contributed by atoms with E-state index in [9.17, 15) is 22.8 Å². The normalized spacial score (nSPS) is 11.5. The first kappa shape index (κ1) is 19.4. The number of carbonyl (C=O) groups excluding carboxylic acids is 2. The fraction of sp³-hybridized carbons (Fsp3) is 0.211. The quantitative estimate of drug-likeness (QED) is 0.654. The van der Waals surface area contributed by atoms with Crippen LogP contribution in [0.25, 0.3) is 22.4 Å². The molecule has 2 aromatic heterocycles. The highest BCUT2D eigenvalue weighted by molar-refractivity contribution is 6.09. The minimum absolute atomic E-state index is 0.0129. The topological polar surface area (TPSA) is 81.4 Å². The molecule has 0 unspecified atom stereocenters. The van der Waals surface area contributed by atoms with Gasteiger partial charge < -0.3 is 14.5 Å². The lowest BCUT2D eigenvalue weighted by Gasteiger charge is -2.11. The summed E-state index contributed by atoms with van der Waals surface area (Å²) in [6.07, 6.45) is -4.78. The molecule has 0 aliphatic carbocycles. The molecule has 0 radical (unpaired) electrons. The number of alkyl halides is 3. The molecule has 3 aromatic rings.